The van der Waals surface area contributed by atoms with E-state index < -0.39 is 35.0 Å². The number of halogens is 3. The molecule has 0 aliphatic carbocycles. The largest absolute Gasteiger partial charge is 0.489 e. The molecule has 0 spiro atoms. The Balaban J connectivity index is 0.890. The molecule has 0 radical (unpaired) electrons. The number of benzene rings is 3. The van der Waals surface area contributed by atoms with Crippen LogP contribution in [0.25, 0.3) is 0 Å². The van der Waals surface area contributed by atoms with Crippen LogP contribution in [0.5, 0.6) is 5.75 Å². The number of hydrogen-bond donors (Lipinski definition) is 5. The van der Waals surface area contributed by atoms with Crippen molar-refractivity contribution >= 4 is 64.8 Å². The maximum Gasteiger partial charge on any atom is 0.419 e. The molecule has 3 aromatic carbocycles. The highest BCUT2D eigenvalue weighted by Crippen LogP contribution is 2.42. The first-order chi connectivity index (χ1) is 31.1. The van der Waals surface area contributed by atoms with Crippen LogP contribution >= 0.6 is 12.6 Å². The van der Waals surface area contributed by atoms with E-state index in [-0.39, 0.29) is 53.5 Å². The summed E-state index contributed by atoms with van der Waals surface area (Å²) < 4.78 is 48.9. The number of rotatable bonds is 12. The molecule has 8 rings (SSSR count). The molecule has 2 atom stereocenters. The van der Waals surface area contributed by atoms with Gasteiger partial charge in [-0.15, -0.1) is 12.6 Å². The lowest BCUT2D eigenvalue weighted by Gasteiger charge is -2.43. The van der Waals surface area contributed by atoms with Gasteiger partial charge in [0.1, 0.15) is 23.0 Å². The number of imide groups is 1. The van der Waals surface area contributed by atoms with Gasteiger partial charge < -0.3 is 30.5 Å². The number of amides is 4. The Labute approximate surface area is 381 Å². The molecule has 4 N–H and O–H groups in total. The molecular weight excluding hydrogens is 860 g/mol. The minimum absolute atomic E-state index is 0.158. The summed E-state index contributed by atoms with van der Waals surface area (Å²) >= 11 is 4.70. The quantitative estimate of drug-likeness (QED) is 0.0738. The van der Waals surface area contributed by atoms with E-state index in [1.807, 2.05) is 51.1 Å². The molecule has 4 aliphatic heterocycles. The van der Waals surface area contributed by atoms with E-state index in [0.717, 1.165) is 80.7 Å². The van der Waals surface area contributed by atoms with Crippen molar-refractivity contribution in [2.45, 2.75) is 82.7 Å². The second kappa shape index (κ2) is 18.9. The van der Waals surface area contributed by atoms with Gasteiger partial charge in [-0.05, 0) is 94.1 Å². The highest BCUT2D eigenvalue weighted by molar-refractivity contribution is 7.80. The fraction of sp³-hybridized carbons (Fsp3) is 0.426. The van der Waals surface area contributed by atoms with E-state index in [1.165, 1.54) is 24.1 Å². The van der Waals surface area contributed by atoms with Crippen molar-refractivity contribution in [2.24, 2.45) is 0 Å². The number of aryl methyl sites for hydroxylation is 1. The Bertz CT molecular complexity index is 2470. The van der Waals surface area contributed by atoms with Crippen molar-refractivity contribution in [1.82, 2.24) is 30.3 Å². The second-order valence-corrected chi connectivity index (χ2v) is 17.8. The molecular formula is C47H54F3N9O5S. The lowest BCUT2D eigenvalue weighted by atomic mass is 10.0. The average Bonchev–Trinajstić information content (AvgIpc) is 3.52. The van der Waals surface area contributed by atoms with Gasteiger partial charge in [0.2, 0.25) is 11.8 Å². The smallest absolute Gasteiger partial charge is 0.419 e. The van der Waals surface area contributed by atoms with Crippen molar-refractivity contribution in [3.63, 3.8) is 0 Å². The fourth-order valence-corrected chi connectivity index (χ4v) is 9.82. The minimum Gasteiger partial charge on any atom is -0.489 e. The molecule has 65 heavy (non-hydrogen) atoms. The van der Waals surface area contributed by atoms with Crippen LogP contribution in [0.4, 0.5) is 41.7 Å². The van der Waals surface area contributed by atoms with Gasteiger partial charge in [0.05, 0.1) is 34.3 Å². The van der Waals surface area contributed by atoms with Crippen molar-refractivity contribution in [2.75, 3.05) is 61.8 Å². The number of alkyl halides is 3. The molecule has 0 saturated carbocycles. The van der Waals surface area contributed by atoms with Crippen molar-refractivity contribution in [3.8, 4) is 5.75 Å². The Hall–Kier alpha value is -5.85. The van der Waals surface area contributed by atoms with Gasteiger partial charge in [0.15, 0.2) is 0 Å². The SMILES string of the molecule is CNC(=O)c1ccccc1Nc1cc(Nc2cc(C)c(N3CCN(C4CCN(Cc5ccc6c(c5)C(=O)N(C5CCC(=O)NC5=O)C6S)CC4)CC3)cc2OC(C)C)ncc1C(F)(F)F. The third-order valence-corrected chi connectivity index (χ3v) is 13.1. The number of carbonyl (C=O) groups excluding carboxylic acids is 4. The number of likely N-dealkylation sites (tertiary alicyclic amines) is 1. The monoisotopic (exact) mass is 913 g/mol. The normalized spacial score (nSPS) is 19.9. The first-order valence-electron chi connectivity index (χ1n) is 22.0. The number of thiol groups is 1. The fourth-order valence-electron chi connectivity index (χ4n) is 9.33. The van der Waals surface area contributed by atoms with E-state index >= 15 is 0 Å². The van der Waals surface area contributed by atoms with E-state index in [0.29, 0.717) is 29.6 Å². The van der Waals surface area contributed by atoms with Crippen LogP contribution in [0, 0.1) is 6.92 Å². The van der Waals surface area contributed by atoms with Crippen molar-refractivity contribution < 1.29 is 37.1 Å². The Morgan fingerprint density at radius 2 is 1.66 bits per heavy atom. The molecule has 5 heterocycles. The summed E-state index contributed by atoms with van der Waals surface area (Å²) in [7, 11) is 1.46. The van der Waals surface area contributed by atoms with E-state index in [2.05, 4.69) is 41.0 Å². The van der Waals surface area contributed by atoms with Crippen molar-refractivity contribution in [1.29, 1.82) is 0 Å². The first-order valence-corrected chi connectivity index (χ1v) is 22.5. The number of hydrogen-bond acceptors (Lipinski definition) is 12. The molecule has 1 aromatic heterocycles. The Morgan fingerprint density at radius 3 is 2.35 bits per heavy atom. The maximum atomic E-state index is 14.2. The molecule has 18 heteroatoms. The van der Waals surface area contributed by atoms with E-state index in [4.69, 9.17) is 17.4 Å². The van der Waals surface area contributed by atoms with Gasteiger partial charge in [-0.2, -0.15) is 13.2 Å². The van der Waals surface area contributed by atoms with Gasteiger partial charge in [-0.25, -0.2) is 4.98 Å². The van der Waals surface area contributed by atoms with Crippen LogP contribution in [0.2, 0.25) is 0 Å². The van der Waals surface area contributed by atoms with Crippen molar-refractivity contribution in [3.05, 3.63) is 100 Å². The standard InChI is InChI=1S/C47H54F3N9O5S/c1-27(2)64-40-24-39(28(3)21-37(40)54-41-23-36(34(25-52-41)47(48,49)50)53-35-8-6-5-7-32(35)43(61)51-4)58-19-17-57(18-20-58)30-13-15-56(16-14-30)26-29-9-10-31-33(22-29)45(63)59(46(31)65)38-11-12-42(60)55-44(38)62/h5-10,21-25,27,30,38,46,65H,11-20,26H2,1-4H3,(H,51,61)(H2,52,53,54)(H,55,60,62). The zero-order valence-electron chi connectivity index (χ0n) is 36.8. The number of piperazine rings is 1. The zero-order chi connectivity index (χ0) is 46.2. The van der Waals surface area contributed by atoms with Crippen LogP contribution in [0.1, 0.15) is 87.9 Å². The van der Waals surface area contributed by atoms with Gasteiger partial charge in [0.25, 0.3) is 11.8 Å². The minimum atomic E-state index is -4.71. The van der Waals surface area contributed by atoms with E-state index in [1.54, 1.807) is 18.2 Å². The molecule has 14 nitrogen and oxygen atoms in total. The summed E-state index contributed by atoms with van der Waals surface area (Å²) in [6.07, 6.45) is -1.60. The predicted molar refractivity (Wildman–Crippen MR) is 245 cm³/mol. The van der Waals surface area contributed by atoms with Crippen LogP contribution in [-0.4, -0.2) is 108 Å². The second-order valence-electron chi connectivity index (χ2n) is 17.3. The molecule has 3 fully saturated rings. The summed E-state index contributed by atoms with van der Waals surface area (Å²) in [5, 5.41) is 10.4. The summed E-state index contributed by atoms with van der Waals surface area (Å²) in [6.45, 7) is 11.8. The third-order valence-electron chi connectivity index (χ3n) is 12.6. The third kappa shape index (κ3) is 9.89. The summed E-state index contributed by atoms with van der Waals surface area (Å²) in [4.78, 5) is 63.3. The molecule has 4 aromatic rings. The highest BCUT2D eigenvalue weighted by Gasteiger charge is 2.44. The molecule has 4 amide bonds. The lowest BCUT2D eigenvalue weighted by molar-refractivity contribution is -0.138. The number of pyridine rings is 1. The lowest BCUT2D eigenvalue weighted by Crippen LogP contribution is -2.53. The maximum absolute atomic E-state index is 14.2. The highest BCUT2D eigenvalue weighted by atomic mass is 32.1. The molecule has 3 saturated heterocycles. The number of para-hydroxylation sites is 1. The molecule has 4 aliphatic rings. The number of aromatic nitrogens is 1. The first kappa shape index (κ1) is 45.7. The Kier molecular flexibility index (Phi) is 13.3. The predicted octanol–water partition coefficient (Wildman–Crippen LogP) is 7.02. The van der Waals surface area contributed by atoms with Crippen LogP contribution in [0.3, 0.4) is 0 Å². The Morgan fingerprint density at radius 1 is 0.923 bits per heavy atom. The number of anilines is 5. The average molecular weight is 914 g/mol. The molecule has 2 unspecified atom stereocenters. The van der Waals surface area contributed by atoms with Gasteiger partial charge >= 0.3 is 6.18 Å². The summed E-state index contributed by atoms with van der Waals surface area (Å²) in [5.74, 6) is -0.754. The van der Waals surface area contributed by atoms with Gasteiger partial charge in [-0.1, -0.05) is 24.3 Å². The van der Waals surface area contributed by atoms with Gasteiger partial charge in [-0.3, -0.25) is 34.3 Å². The van der Waals surface area contributed by atoms with Crippen LogP contribution in [-0.2, 0) is 22.3 Å². The van der Waals surface area contributed by atoms with Gasteiger partial charge in [0, 0.05) is 81.8 Å². The number of nitrogens with one attached hydrogen (secondary N) is 4. The summed E-state index contributed by atoms with van der Waals surface area (Å²) in [6, 6.07) is 17.2. The number of piperidine rings is 2. The number of nitrogens with zero attached hydrogens (tertiary/aromatic N) is 5. The number of carbonyl (C=O) groups is 4. The van der Waals surface area contributed by atoms with Crippen LogP contribution < -0.4 is 30.9 Å². The number of ether oxygens (including phenoxy) is 1. The van der Waals surface area contributed by atoms with E-state index in [9.17, 15) is 32.3 Å². The zero-order valence-corrected chi connectivity index (χ0v) is 37.7. The molecule has 0 bridgehead atoms. The molecule has 344 valence electrons. The van der Waals surface area contributed by atoms with Crippen LogP contribution in [0.15, 0.2) is 66.9 Å². The summed E-state index contributed by atoms with van der Waals surface area (Å²) in [5.41, 5.74) is 4.08. The topological polar surface area (TPSA) is 151 Å². The number of fused-ring (bicyclic) bond motifs is 1.